The molecule has 90 valence electrons. The molecule has 1 atom stereocenters. The van der Waals surface area contributed by atoms with Crippen molar-refractivity contribution in [3.05, 3.63) is 42.0 Å². The van der Waals surface area contributed by atoms with Gasteiger partial charge < -0.3 is 9.64 Å². The molecule has 0 heterocycles. The van der Waals surface area contributed by atoms with Crippen LogP contribution in [0.25, 0.3) is 10.8 Å². The predicted molar refractivity (Wildman–Crippen MR) is 72.6 cm³/mol. The van der Waals surface area contributed by atoms with Gasteiger partial charge in [-0.05, 0) is 55.6 Å². The molecule has 0 fully saturated rings. The number of methoxy groups -OCH3 is 1. The van der Waals surface area contributed by atoms with E-state index in [2.05, 4.69) is 56.3 Å². The molecule has 0 saturated carbocycles. The Kier molecular flexibility index (Phi) is 3.34. The van der Waals surface area contributed by atoms with Crippen molar-refractivity contribution in [1.29, 1.82) is 0 Å². The lowest BCUT2D eigenvalue weighted by atomic mass is 10.0. The fourth-order valence-electron chi connectivity index (χ4n) is 1.93. The van der Waals surface area contributed by atoms with Crippen molar-refractivity contribution in [2.24, 2.45) is 0 Å². The predicted octanol–water partition coefficient (Wildman–Crippen LogP) is 3.47. The molecule has 2 rings (SSSR count). The number of nitrogens with zero attached hydrogens (tertiary/aromatic N) is 1. The lowest BCUT2D eigenvalue weighted by Gasteiger charge is -2.20. The average molecular weight is 229 g/mol. The first-order chi connectivity index (χ1) is 8.11. The molecule has 2 aromatic rings. The summed E-state index contributed by atoms with van der Waals surface area (Å²) in [6, 6.07) is 13.2. The molecule has 2 heteroatoms. The normalized spacial score (nSPS) is 13.0. The zero-order chi connectivity index (χ0) is 12.4. The van der Waals surface area contributed by atoms with Gasteiger partial charge in [0.15, 0.2) is 0 Å². The van der Waals surface area contributed by atoms with Gasteiger partial charge in [-0.25, -0.2) is 0 Å². The summed E-state index contributed by atoms with van der Waals surface area (Å²) >= 11 is 0. The van der Waals surface area contributed by atoms with Crippen LogP contribution in [0.4, 0.5) is 0 Å². The van der Waals surface area contributed by atoms with Crippen LogP contribution in [-0.2, 0) is 0 Å². The van der Waals surface area contributed by atoms with Crippen molar-refractivity contribution in [3.63, 3.8) is 0 Å². The Morgan fingerprint density at radius 1 is 1.00 bits per heavy atom. The standard InChI is InChI=1S/C15H19NO/c1-11(16(2)3)12-5-6-14-10-15(17-4)8-7-13(14)9-12/h5-11H,1-4H3. The van der Waals surface area contributed by atoms with Crippen LogP contribution in [0.3, 0.4) is 0 Å². The van der Waals surface area contributed by atoms with Crippen LogP contribution in [0.15, 0.2) is 36.4 Å². The highest BCUT2D eigenvalue weighted by atomic mass is 16.5. The second-order valence-corrected chi connectivity index (χ2v) is 4.61. The molecular weight excluding hydrogens is 210 g/mol. The summed E-state index contributed by atoms with van der Waals surface area (Å²) in [5.41, 5.74) is 1.34. The highest BCUT2D eigenvalue weighted by Gasteiger charge is 2.08. The summed E-state index contributed by atoms with van der Waals surface area (Å²) < 4.78 is 5.23. The second kappa shape index (κ2) is 4.76. The third-order valence-electron chi connectivity index (χ3n) is 3.33. The quantitative estimate of drug-likeness (QED) is 0.799. The van der Waals surface area contributed by atoms with Crippen molar-refractivity contribution >= 4 is 10.8 Å². The van der Waals surface area contributed by atoms with Gasteiger partial charge in [-0.1, -0.05) is 18.2 Å². The summed E-state index contributed by atoms with van der Waals surface area (Å²) in [5.74, 6) is 0.908. The average Bonchev–Trinajstić information content (AvgIpc) is 2.36. The van der Waals surface area contributed by atoms with Gasteiger partial charge in [-0.3, -0.25) is 0 Å². The minimum atomic E-state index is 0.432. The number of hydrogen-bond donors (Lipinski definition) is 0. The molecule has 0 radical (unpaired) electrons. The second-order valence-electron chi connectivity index (χ2n) is 4.61. The molecule has 17 heavy (non-hydrogen) atoms. The van der Waals surface area contributed by atoms with Crippen LogP contribution < -0.4 is 4.74 Å². The summed E-state index contributed by atoms with van der Waals surface area (Å²) in [4.78, 5) is 2.21. The minimum absolute atomic E-state index is 0.432. The molecule has 2 nitrogen and oxygen atoms in total. The Hall–Kier alpha value is -1.54. The van der Waals surface area contributed by atoms with E-state index in [9.17, 15) is 0 Å². The Morgan fingerprint density at radius 3 is 2.29 bits per heavy atom. The molecule has 0 spiro atoms. The molecule has 0 N–H and O–H groups in total. The van der Waals surface area contributed by atoms with Crippen LogP contribution in [-0.4, -0.2) is 26.1 Å². The van der Waals surface area contributed by atoms with Gasteiger partial charge in [0.05, 0.1) is 7.11 Å². The fourth-order valence-corrected chi connectivity index (χ4v) is 1.93. The first-order valence-corrected chi connectivity index (χ1v) is 5.86. The number of fused-ring (bicyclic) bond motifs is 1. The summed E-state index contributed by atoms with van der Waals surface area (Å²) in [6.07, 6.45) is 0. The topological polar surface area (TPSA) is 12.5 Å². The highest BCUT2D eigenvalue weighted by molar-refractivity contribution is 5.84. The maximum Gasteiger partial charge on any atom is 0.119 e. The maximum absolute atomic E-state index is 5.23. The van der Waals surface area contributed by atoms with Crippen LogP contribution >= 0.6 is 0 Å². The van der Waals surface area contributed by atoms with Crippen LogP contribution in [0.1, 0.15) is 18.5 Å². The van der Waals surface area contributed by atoms with Crippen molar-refractivity contribution in [3.8, 4) is 5.75 Å². The largest absolute Gasteiger partial charge is 0.497 e. The fraction of sp³-hybridized carbons (Fsp3) is 0.333. The third-order valence-corrected chi connectivity index (χ3v) is 3.33. The maximum atomic E-state index is 5.23. The lowest BCUT2D eigenvalue weighted by molar-refractivity contribution is 0.321. The van der Waals surface area contributed by atoms with Gasteiger partial charge in [0.2, 0.25) is 0 Å². The van der Waals surface area contributed by atoms with Crippen molar-refractivity contribution in [2.75, 3.05) is 21.2 Å². The Labute approximate surface area is 103 Å². The molecule has 0 amide bonds. The molecule has 0 aliphatic carbocycles. The Balaban J connectivity index is 2.44. The monoisotopic (exact) mass is 229 g/mol. The molecule has 0 aliphatic rings. The number of hydrogen-bond acceptors (Lipinski definition) is 2. The molecule has 2 aromatic carbocycles. The minimum Gasteiger partial charge on any atom is -0.497 e. The van der Waals surface area contributed by atoms with Crippen molar-refractivity contribution in [2.45, 2.75) is 13.0 Å². The number of ether oxygens (including phenoxy) is 1. The van der Waals surface area contributed by atoms with E-state index in [1.807, 2.05) is 6.07 Å². The van der Waals surface area contributed by atoms with E-state index in [-0.39, 0.29) is 0 Å². The number of rotatable bonds is 3. The van der Waals surface area contributed by atoms with Crippen LogP contribution in [0.2, 0.25) is 0 Å². The highest BCUT2D eigenvalue weighted by Crippen LogP contribution is 2.25. The molecule has 0 aromatic heterocycles. The molecule has 0 bridgehead atoms. The molecule has 0 aliphatic heterocycles. The van der Waals surface area contributed by atoms with Gasteiger partial charge in [-0.15, -0.1) is 0 Å². The van der Waals surface area contributed by atoms with Gasteiger partial charge in [0.1, 0.15) is 5.75 Å². The Morgan fingerprint density at radius 2 is 1.65 bits per heavy atom. The van der Waals surface area contributed by atoms with Crippen LogP contribution in [0, 0.1) is 0 Å². The summed E-state index contributed by atoms with van der Waals surface area (Å²) in [5, 5.41) is 2.48. The smallest absolute Gasteiger partial charge is 0.119 e. The van der Waals surface area contributed by atoms with E-state index in [0.717, 1.165) is 5.75 Å². The van der Waals surface area contributed by atoms with Crippen LogP contribution in [0.5, 0.6) is 5.75 Å². The summed E-state index contributed by atoms with van der Waals surface area (Å²) in [6.45, 7) is 2.21. The van der Waals surface area contributed by atoms with Gasteiger partial charge in [0, 0.05) is 6.04 Å². The van der Waals surface area contributed by atoms with E-state index in [1.54, 1.807) is 7.11 Å². The van der Waals surface area contributed by atoms with E-state index in [0.29, 0.717) is 6.04 Å². The van der Waals surface area contributed by atoms with Gasteiger partial charge in [-0.2, -0.15) is 0 Å². The SMILES string of the molecule is COc1ccc2cc(C(C)N(C)C)ccc2c1. The zero-order valence-corrected chi connectivity index (χ0v) is 10.9. The first kappa shape index (κ1) is 11.9. The van der Waals surface area contributed by atoms with E-state index >= 15 is 0 Å². The zero-order valence-electron chi connectivity index (χ0n) is 10.9. The molecule has 0 saturated heterocycles. The first-order valence-electron chi connectivity index (χ1n) is 5.86. The summed E-state index contributed by atoms with van der Waals surface area (Å²) in [7, 11) is 5.90. The van der Waals surface area contributed by atoms with E-state index in [1.165, 1.54) is 16.3 Å². The number of benzene rings is 2. The van der Waals surface area contributed by atoms with Crippen molar-refractivity contribution in [1.82, 2.24) is 4.90 Å². The van der Waals surface area contributed by atoms with E-state index < -0.39 is 0 Å². The molecule has 1 unspecified atom stereocenters. The van der Waals surface area contributed by atoms with Gasteiger partial charge in [0.25, 0.3) is 0 Å². The molecular formula is C15H19NO. The van der Waals surface area contributed by atoms with Gasteiger partial charge >= 0.3 is 0 Å². The lowest BCUT2D eigenvalue weighted by Crippen LogP contribution is -2.16. The van der Waals surface area contributed by atoms with Crippen molar-refractivity contribution < 1.29 is 4.74 Å². The van der Waals surface area contributed by atoms with E-state index in [4.69, 9.17) is 4.74 Å². The Bertz CT molecular complexity index is 519. The third kappa shape index (κ3) is 2.42.